The SMILES string of the molecule is CC(=O)Nc1cccc(N2C[C@@H](C(=O)Nc3cccc(C#N)c3)CC2=O)c1. The van der Waals surface area contributed by atoms with Gasteiger partial charge in [-0.15, -0.1) is 0 Å². The quantitative estimate of drug-likeness (QED) is 0.872. The second-order valence-electron chi connectivity index (χ2n) is 6.32. The summed E-state index contributed by atoms with van der Waals surface area (Å²) in [5.41, 5.74) is 2.20. The molecule has 3 rings (SSSR count). The van der Waals surface area contributed by atoms with Crippen molar-refractivity contribution >= 4 is 34.8 Å². The van der Waals surface area contributed by atoms with Gasteiger partial charge in [0.1, 0.15) is 0 Å². The molecule has 2 N–H and O–H groups in total. The maximum Gasteiger partial charge on any atom is 0.229 e. The second-order valence-corrected chi connectivity index (χ2v) is 6.32. The first-order valence-electron chi connectivity index (χ1n) is 8.45. The molecule has 27 heavy (non-hydrogen) atoms. The summed E-state index contributed by atoms with van der Waals surface area (Å²) in [5, 5.41) is 14.4. The Morgan fingerprint density at radius 1 is 1.11 bits per heavy atom. The van der Waals surface area contributed by atoms with Crippen LogP contribution in [0.5, 0.6) is 0 Å². The van der Waals surface area contributed by atoms with Crippen LogP contribution in [0.25, 0.3) is 0 Å². The molecule has 3 amide bonds. The Balaban J connectivity index is 1.70. The fourth-order valence-corrected chi connectivity index (χ4v) is 3.00. The zero-order valence-corrected chi connectivity index (χ0v) is 14.7. The molecule has 2 aromatic rings. The molecule has 1 heterocycles. The molecule has 0 saturated carbocycles. The highest BCUT2D eigenvalue weighted by atomic mass is 16.2. The Bertz CT molecular complexity index is 948. The zero-order valence-electron chi connectivity index (χ0n) is 14.7. The van der Waals surface area contributed by atoms with Crippen LogP contribution in [0.2, 0.25) is 0 Å². The van der Waals surface area contributed by atoms with Crippen molar-refractivity contribution in [2.75, 3.05) is 22.1 Å². The van der Waals surface area contributed by atoms with Gasteiger partial charge in [0.25, 0.3) is 0 Å². The van der Waals surface area contributed by atoms with Gasteiger partial charge in [0, 0.05) is 37.0 Å². The number of anilines is 3. The molecule has 0 bridgehead atoms. The fraction of sp³-hybridized carbons (Fsp3) is 0.200. The van der Waals surface area contributed by atoms with E-state index in [0.29, 0.717) is 22.6 Å². The van der Waals surface area contributed by atoms with Gasteiger partial charge in [-0.25, -0.2) is 0 Å². The summed E-state index contributed by atoms with van der Waals surface area (Å²) in [6.07, 6.45) is 0.105. The molecule has 0 radical (unpaired) electrons. The normalized spacial score (nSPS) is 15.9. The highest BCUT2D eigenvalue weighted by Gasteiger charge is 2.35. The molecular weight excluding hydrogens is 344 g/mol. The molecule has 1 atom stereocenters. The van der Waals surface area contributed by atoms with Crippen molar-refractivity contribution in [2.45, 2.75) is 13.3 Å². The van der Waals surface area contributed by atoms with Crippen LogP contribution in [0.15, 0.2) is 48.5 Å². The van der Waals surface area contributed by atoms with Crippen molar-refractivity contribution in [3.63, 3.8) is 0 Å². The van der Waals surface area contributed by atoms with Gasteiger partial charge in [0.2, 0.25) is 17.7 Å². The second kappa shape index (κ2) is 7.70. The maximum absolute atomic E-state index is 12.5. The van der Waals surface area contributed by atoms with Gasteiger partial charge in [-0.1, -0.05) is 12.1 Å². The summed E-state index contributed by atoms with van der Waals surface area (Å²) >= 11 is 0. The number of benzene rings is 2. The minimum atomic E-state index is -0.493. The molecular formula is C20H18N4O3. The lowest BCUT2D eigenvalue weighted by Crippen LogP contribution is -2.28. The average molecular weight is 362 g/mol. The summed E-state index contributed by atoms with van der Waals surface area (Å²) in [6.45, 7) is 1.67. The number of nitriles is 1. The van der Waals surface area contributed by atoms with E-state index in [9.17, 15) is 14.4 Å². The van der Waals surface area contributed by atoms with Gasteiger partial charge in [-0.2, -0.15) is 5.26 Å². The van der Waals surface area contributed by atoms with E-state index in [1.54, 1.807) is 53.4 Å². The minimum absolute atomic E-state index is 0.105. The molecule has 7 heteroatoms. The summed E-state index contributed by atoms with van der Waals surface area (Å²) < 4.78 is 0. The van der Waals surface area contributed by atoms with Gasteiger partial charge < -0.3 is 15.5 Å². The van der Waals surface area contributed by atoms with Crippen LogP contribution in [-0.2, 0) is 14.4 Å². The highest BCUT2D eigenvalue weighted by Crippen LogP contribution is 2.28. The van der Waals surface area contributed by atoms with E-state index in [-0.39, 0.29) is 30.7 Å². The topological polar surface area (TPSA) is 102 Å². The molecule has 1 fully saturated rings. The molecule has 136 valence electrons. The zero-order chi connectivity index (χ0) is 19.4. The summed E-state index contributed by atoms with van der Waals surface area (Å²) in [6, 6.07) is 15.6. The molecule has 0 unspecified atom stereocenters. The number of carbonyl (C=O) groups excluding carboxylic acids is 3. The minimum Gasteiger partial charge on any atom is -0.326 e. The number of nitrogens with zero attached hydrogens (tertiary/aromatic N) is 2. The molecule has 1 saturated heterocycles. The largest absolute Gasteiger partial charge is 0.326 e. The van der Waals surface area contributed by atoms with Gasteiger partial charge in [-0.05, 0) is 36.4 Å². The molecule has 7 nitrogen and oxygen atoms in total. The van der Waals surface area contributed by atoms with Crippen LogP contribution in [0.3, 0.4) is 0 Å². The number of hydrogen-bond donors (Lipinski definition) is 2. The van der Waals surface area contributed by atoms with Gasteiger partial charge in [-0.3, -0.25) is 14.4 Å². The monoisotopic (exact) mass is 362 g/mol. The first-order chi connectivity index (χ1) is 13.0. The van der Waals surface area contributed by atoms with Crippen LogP contribution in [-0.4, -0.2) is 24.3 Å². The Morgan fingerprint density at radius 3 is 2.52 bits per heavy atom. The number of amides is 3. The third-order valence-corrected chi connectivity index (χ3v) is 4.23. The Kier molecular flexibility index (Phi) is 5.18. The molecule has 1 aliphatic heterocycles. The Hall–Kier alpha value is -3.66. The van der Waals surface area contributed by atoms with Crippen molar-refractivity contribution in [3.8, 4) is 6.07 Å². The predicted octanol–water partition coefficient (Wildman–Crippen LogP) is 2.51. The highest BCUT2D eigenvalue weighted by molar-refractivity contribution is 6.04. The summed E-state index contributed by atoms with van der Waals surface area (Å²) in [5.74, 6) is -1.11. The van der Waals surface area contributed by atoms with E-state index in [2.05, 4.69) is 10.6 Å². The average Bonchev–Trinajstić information content (AvgIpc) is 3.03. The molecule has 0 spiro atoms. The van der Waals surface area contributed by atoms with Crippen molar-refractivity contribution in [1.29, 1.82) is 5.26 Å². The molecule has 0 aliphatic carbocycles. The smallest absolute Gasteiger partial charge is 0.229 e. The number of rotatable bonds is 4. The van der Waals surface area contributed by atoms with Crippen LogP contribution < -0.4 is 15.5 Å². The standard InChI is InChI=1S/C20H18N4O3/c1-13(25)22-17-6-3-7-18(10-17)24-12-15(9-19(24)26)20(27)23-16-5-2-4-14(8-16)11-21/h2-8,10,15H,9,12H2,1H3,(H,22,25)(H,23,27)/t15-/m0/s1. The number of nitrogens with one attached hydrogen (secondary N) is 2. The van der Waals surface area contributed by atoms with E-state index < -0.39 is 5.92 Å². The predicted molar refractivity (Wildman–Crippen MR) is 101 cm³/mol. The van der Waals surface area contributed by atoms with Crippen LogP contribution in [0.1, 0.15) is 18.9 Å². The number of carbonyl (C=O) groups is 3. The van der Waals surface area contributed by atoms with E-state index >= 15 is 0 Å². The summed E-state index contributed by atoms with van der Waals surface area (Å²) in [4.78, 5) is 37.7. The third kappa shape index (κ3) is 4.30. The lowest BCUT2D eigenvalue weighted by atomic mass is 10.1. The first-order valence-corrected chi connectivity index (χ1v) is 8.45. The lowest BCUT2D eigenvalue weighted by molar-refractivity contribution is -0.122. The van der Waals surface area contributed by atoms with E-state index in [1.807, 2.05) is 6.07 Å². The van der Waals surface area contributed by atoms with Crippen LogP contribution in [0.4, 0.5) is 17.1 Å². The van der Waals surface area contributed by atoms with E-state index in [4.69, 9.17) is 5.26 Å². The molecule has 1 aliphatic rings. The van der Waals surface area contributed by atoms with Gasteiger partial charge in [0.05, 0.1) is 17.6 Å². The van der Waals surface area contributed by atoms with Gasteiger partial charge in [0.15, 0.2) is 0 Å². The first kappa shape index (κ1) is 18.1. The van der Waals surface area contributed by atoms with E-state index in [1.165, 1.54) is 6.92 Å². The number of hydrogen-bond acceptors (Lipinski definition) is 4. The van der Waals surface area contributed by atoms with Crippen molar-refractivity contribution in [3.05, 3.63) is 54.1 Å². The lowest BCUT2D eigenvalue weighted by Gasteiger charge is -2.18. The summed E-state index contributed by atoms with van der Waals surface area (Å²) in [7, 11) is 0. The third-order valence-electron chi connectivity index (χ3n) is 4.23. The molecule has 0 aromatic heterocycles. The van der Waals surface area contributed by atoms with Crippen molar-refractivity contribution in [2.24, 2.45) is 5.92 Å². The Morgan fingerprint density at radius 2 is 1.81 bits per heavy atom. The molecule has 2 aromatic carbocycles. The fourth-order valence-electron chi connectivity index (χ4n) is 3.00. The van der Waals surface area contributed by atoms with Crippen LogP contribution >= 0.6 is 0 Å². The Labute approximate surface area is 156 Å². The maximum atomic E-state index is 12.5. The van der Waals surface area contributed by atoms with Crippen LogP contribution in [0, 0.1) is 17.2 Å². The van der Waals surface area contributed by atoms with E-state index in [0.717, 1.165) is 0 Å². The van der Waals surface area contributed by atoms with Crippen molar-refractivity contribution in [1.82, 2.24) is 0 Å². The van der Waals surface area contributed by atoms with Crippen molar-refractivity contribution < 1.29 is 14.4 Å². The van der Waals surface area contributed by atoms with Gasteiger partial charge >= 0.3 is 0 Å².